The average Bonchev–Trinajstić information content (AvgIpc) is 2.26. The molecule has 0 atom stereocenters. The van der Waals surface area contributed by atoms with E-state index in [0.29, 0.717) is 22.4 Å². The summed E-state index contributed by atoms with van der Waals surface area (Å²) in [6.07, 6.45) is 3.93. The van der Waals surface area contributed by atoms with Gasteiger partial charge in [-0.2, -0.15) is 0 Å². The highest BCUT2D eigenvalue weighted by Crippen LogP contribution is 2.27. The predicted molar refractivity (Wildman–Crippen MR) is 67.5 cm³/mol. The van der Waals surface area contributed by atoms with E-state index in [-0.39, 0.29) is 6.61 Å². The zero-order valence-electron chi connectivity index (χ0n) is 9.09. The first-order chi connectivity index (χ1) is 7.74. The number of aliphatic hydroxyl groups is 1. The summed E-state index contributed by atoms with van der Waals surface area (Å²) in [5.74, 6) is 0.674. The third-order valence-corrected chi connectivity index (χ3v) is 2.73. The second-order valence-corrected chi connectivity index (χ2v) is 4.40. The van der Waals surface area contributed by atoms with Gasteiger partial charge in [0.2, 0.25) is 0 Å². The molecule has 0 saturated heterocycles. The number of halogens is 2. The monoisotopic (exact) mass is 262 g/mol. The molecule has 0 heterocycles. The second-order valence-electron chi connectivity index (χ2n) is 3.56. The fraction of sp³-hybridized carbons (Fsp3) is 0.500. The zero-order chi connectivity index (χ0) is 11.8. The topological polar surface area (TPSA) is 29.5 Å². The molecule has 0 amide bonds. The fourth-order valence-electron chi connectivity index (χ4n) is 1.34. The molecule has 16 heavy (non-hydrogen) atoms. The molecular formula is C12H16Cl2O2. The molecule has 1 aromatic rings. The fourth-order valence-corrected chi connectivity index (χ4v) is 1.80. The van der Waals surface area contributed by atoms with Gasteiger partial charge in [0, 0.05) is 11.6 Å². The van der Waals surface area contributed by atoms with E-state index in [0.717, 1.165) is 25.7 Å². The highest BCUT2D eigenvalue weighted by atomic mass is 35.5. The maximum Gasteiger partial charge on any atom is 0.137 e. The van der Waals surface area contributed by atoms with Crippen LogP contribution in [0.4, 0.5) is 0 Å². The maximum absolute atomic E-state index is 8.60. The molecule has 0 aliphatic heterocycles. The Morgan fingerprint density at radius 1 is 1.06 bits per heavy atom. The molecule has 0 saturated carbocycles. The molecule has 0 aliphatic carbocycles. The molecule has 1 aromatic carbocycles. The van der Waals surface area contributed by atoms with E-state index in [1.807, 2.05) is 0 Å². The van der Waals surface area contributed by atoms with Crippen molar-refractivity contribution in [3.05, 3.63) is 28.2 Å². The van der Waals surface area contributed by atoms with Gasteiger partial charge in [0.15, 0.2) is 0 Å². The minimum absolute atomic E-state index is 0.268. The van der Waals surface area contributed by atoms with Crippen LogP contribution in [-0.4, -0.2) is 18.3 Å². The molecule has 0 unspecified atom stereocenters. The summed E-state index contributed by atoms with van der Waals surface area (Å²) in [6, 6.07) is 5.21. The lowest BCUT2D eigenvalue weighted by atomic mass is 10.2. The lowest BCUT2D eigenvalue weighted by molar-refractivity contribution is 0.273. The first-order valence-electron chi connectivity index (χ1n) is 5.43. The van der Waals surface area contributed by atoms with Crippen LogP contribution in [0.3, 0.4) is 0 Å². The van der Waals surface area contributed by atoms with Crippen LogP contribution in [0.5, 0.6) is 5.75 Å². The second kappa shape index (κ2) is 7.77. The van der Waals surface area contributed by atoms with Crippen molar-refractivity contribution < 1.29 is 9.84 Å². The van der Waals surface area contributed by atoms with E-state index < -0.39 is 0 Å². The predicted octanol–water partition coefficient (Wildman–Crippen LogP) is 3.92. The van der Waals surface area contributed by atoms with Gasteiger partial charge < -0.3 is 9.84 Å². The largest absolute Gasteiger partial charge is 0.492 e. The lowest BCUT2D eigenvalue weighted by Crippen LogP contribution is -1.98. The highest BCUT2D eigenvalue weighted by molar-refractivity contribution is 6.35. The number of rotatable bonds is 7. The van der Waals surface area contributed by atoms with Gasteiger partial charge in [-0.1, -0.05) is 29.6 Å². The Kier molecular flexibility index (Phi) is 6.62. The van der Waals surface area contributed by atoms with Gasteiger partial charge in [-0.05, 0) is 37.5 Å². The first kappa shape index (κ1) is 13.6. The molecule has 0 bridgehead atoms. The van der Waals surface area contributed by atoms with E-state index >= 15 is 0 Å². The van der Waals surface area contributed by atoms with Gasteiger partial charge in [0.1, 0.15) is 5.75 Å². The normalized spacial score (nSPS) is 10.4. The summed E-state index contributed by atoms with van der Waals surface area (Å²) in [5.41, 5.74) is 0. The smallest absolute Gasteiger partial charge is 0.137 e. The van der Waals surface area contributed by atoms with Crippen molar-refractivity contribution >= 4 is 23.2 Å². The summed E-state index contributed by atoms with van der Waals surface area (Å²) in [6.45, 7) is 0.913. The molecule has 0 spiro atoms. The van der Waals surface area contributed by atoms with Crippen molar-refractivity contribution in [2.45, 2.75) is 25.7 Å². The van der Waals surface area contributed by atoms with Crippen LogP contribution in [0.25, 0.3) is 0 Å². The molecule has 0 aliphatic rings. The van der Waals surface area contributed by atoms with Gasteiger partial charge in [0.05, 0.1) is 11.6 Å². The highest BCUT2D eigenvalue weighted by Gasteiger charge is 2.01. The van der Waals surface area contributed by atoms with Crippen molar-refractivity contribution in [3.63, 3.8) is 0 Å². The molecule has 0 radical (unpaired) electrons. The SMILES string of the molecule is OCCCCCCOc1ccc(Cl)cc1Cl. The van der Waals surface area contributed by atoms with Gasteiger partial charge in [-0.15, -0.1) is 0 Å². The van der Waals surface area contributed by atoms with Gasteiger partial charge in [-0.25, -0.2) is 0 Å². The molecule has 0 fully saturated rings. The Morgan fingerprint density at radius 2 is 1.81 bits per heavy atom. The molecule has 90 valence electrons. The molecule has 0 aromatic heterocycles. The van der Waals surface area contributed by atoms with E-state index in [1.54, 1.807) is 18.2 Å². The van der Waals surface area contributed by atoms with Crippen LogP contribution in [0, 0.1) is 0 Å². The maximum atomic E-state index is 8.60. The van der Waals surface area contributed by atoms with Crippen molar-refractivity contribution in [2.24, 2.45) is 0 Å². The average molecular weight is 263 g/mol. The Morgan fingerprint density at radius 3 is 2.50 bits per heavy atom. The summed E-state index contributed by atoms with van der Waals surface area (Å²) < 4.78 is 5.52. The number of ether oxygens (including phenoxy) is 1. The first-order valence-corrected chi connectivity index (χ1v) is 6.18. The van der Waals surface area contributed by atoms with Gasteiger partial charge in [0.25, 0.3) is 0 Å². The van der Waals surface area contributed by atoms with Crippen LogP contribution in [0.2, 0.25) is 10.0 Å². The van der Waals surface area contributed by atoms with Crippen molar-refractivity contribution in [3.8, 4) is 5.75 Å². The summed E-state index contributed by atoms with van der Waals surface area (Å²) in [5, 5.41) is 9.76. The molecule has 2 nitrogen and oxygen atoms in total. The standard InChI is InChI=1S/C12H16Cl2O2/c13-10-5-6-12(11(14)9-10)16-8-4-2-1-3-7-15/h5-6,9,15H,1-4,7-8H2. The number of benzene rings is 1. The van der Waals surface area contributed by atoms with Crippen LogP contribution in [-0.2, 0) is 0 Å². The third kappa shape index (κ3) is 5.06. The number of aliphatic hydroxyl groups excluding tert-OH is 1. The van der Waals surface area contributed by atoms with Crippen LogP contribution in [0.15, 0.2) is 18.2 Å². The quantitative estimate of drug-likeness (QED) is 0.755. The Labute approximate surface area is 106 Å². The van der Waals surface area contributed by atoms with E-state index in [9.17, 15) is 0 Å². The van der Waals surface area contributed by atoms with E-state index in [2.05, 4.69) is 0 Å². The summed E-state index contributed by atoms with van der Waals surface area (Å²) in [7, 11) is 0. The van der Waals surface area contributed by atoms with Crippen molar-refractivity contribution in [1.29, 1.82) is 0 Å². The van der Waals surface area contributed by atoms with Crippen molar-refractivity contribution in [1.82, 2.24) is 0 Å². The molecule has 4 heteroatoms. The third-order valence-electron chi connectivity index (χ3n) is 2.20. The van der Waals surface area contributed by atoms with Crippen LogP contribution < -0.4 is 4.74 Å². The Balaban J connectivity index is 2.21. The molecule has 1 N–H and O–H groups in total. The van der Waals surface area contributed by atoms with Gasteiger partial charge >= 0.3 is 0 Å². The van der Waals surface area contributed by atoms with E-state index in [4.69, 9.17) is 33.0 Å². The van der Waals surface area contributed by atoms with E-state index in [1.165, 1.54) is 0 Å². The Bertz CT molecular complexity index is 316. The Hall–Kier alpha value is -0.440. The summed E-state index contributed by atoms with van der Waals surface area (Å²) in [4.78, 5) is 0. The van der Waals surface area contributed by atoms with Crippen molar-refractivity contribution in [2.75, 3.05) is 13.2 Å². The molecular weight excluding hydrogens is 247 g/mol. The van der Waals surface area contributed by atoms with Crippen LogP contribution >= 0.6 is 23.2 Å². The minimum Gasteiger partial charge on any atom is -0.492 e. The summed E-state index contributed by atoms with van der Waals surface area (Å²) >= 11 is 11.7. The minimum atomic E-state index is 0.268. The zero-order valence-corrected chi connectivity index (χ0v) is 10.6. The van der Waals surface area contributed by atoms with Gasteiger partial charge in [-0.3, -0.25) is 0 Å². The lowest BCUT2D eigenvalue weighted by Gasteiger charge is -2.07. The number of hydrogen-bond donors (Lipinski definition) is 1. The van der Waals surface area contributed by atoms with Crippen LogP contribution in [0.1, 0.15) is 25.7 Å². The number of hydrogen-bond acceptors (Lipinski definition) is 2. The number of unbranched alkanes of at least 4 members (excludes halogenated alkanes) is 3. The molecule has 1 rings (SSSR count).